The first-order valence-corrected chi connectivity index (χ1v) is 10.7. The topological polar surface area (TPSA) is 139 Å². The van der Waals surface area contributed by atoms with Gasteiger partial charge >= 0.3 is 6.18 Å². The highest BCUT2D eigenvalue weighted by Gasteiger charge is 2.30. The van der Waals surface area contributed by atoms with Crippen LogP contribution in [-0.2, 0) is 29.9 Å². The standard InChI is InChI=1S/C19H15F3N6O4S/c1-28-15(10-31-16-7-4-12(8-24-16)19(20,21)22)14(9-25-28)18-26-17(27-32-18)11-2-5-13(6-3-11)33(23,29)30/h2-9H,10H2,1H3,(H2,23,29,30). The lowest BCUT2D eigenvalue weighted by Crippen LogP contribution is -2.11. The quantitative estimate of drug-likeness (QED) is 0.444. The summed E-state index contributed by atoms with van der Waals surface area (Å²) in [7, 11) is -2.19. The fourth-order valence-electron chi connectivity index (χ4n) is 2.83. The summed E-state index contributed by atoms with van der Waals surface area (Å²) in [6.45, 7) is -0.0784. The van der Waals surface area contributed by atoms with Crippen LogP contribution in [0.15, 0.2) is 58.2 Å². The van der Waals surface area contributed by atoms with E-state index in [0.717, 1.165) is 12.1 Å². The molecule has 0 bridgehead atoms. The van der Waals surface area contributed by atoms with E-state index in [9.17, 15) is 21.6 Å². The third-order valence-corrected chi connectivity index (χ3v) is 5.51. The lowest BCUT2D eigenvalue weighted by atomic mass is 10.2. The molecule has 0 aliphatic rings. The van der Waals surface area contributed by atoms with E-state index >= 15 is 0 Å². The van der Waals surface area contributed by atoms with Gasteiger partial charge in [-0.2, -0.15) is 23.3 Å². The van der Waals surface area contributed by atoms with Crippen molar-refractivity contribution in [3.05, 3.63) is 60.0 Å². The Labute approximate surface area is 184 Å². The Bertz CT molecular complexity index is 1380. The molecule has 10 nitrogen and oxygen atoms in total. The minimum absolute atomic E-state index is 0.00341. The summed E-state index contributed by atoms with van der Waals surface area (Å²) in [6, 6.07) is 7.60. The van der Waals surface area contributed by atoms with Gasteiger partial charge in [0.15, 0.2) is 0 Å². The van der Waals surface area contributed by atoms with E-state index in [-0.39, 0.29) is 29.1 Å². The van der Waals surface area contributed by atoms with Crippen LogP contribution >= 0.6 is 0 Å². The van der Waals surface area contributed by atoms with Gasteiger partial charge in [-0.25, -0.2) is 18.5 Å². The van der Waals surface area contributed by atoms with Crippen molar-refractivity contribution in [3.63, 3.8) is 0 Å². The second-order valence-corrected chi connectivity index (χ2v) is 8.35. The van der Waals surface area contributed by atoms with Crippen molar-refractivity contribution in [1.82, 2.24) is 24.9 Å². The highest BCUT2D eigenvalue weighted by atomic mass is 32.2. The molecule has 4 aromatic rings. The number of primary sulfonamides is 1. The Balaban J connectivity index is 1.53. The average Bonchev–Trinajstić information content (AvgIpc) is 3.38. The van der Waals surface area contributed by atoms with Crippen molar-refractivity contribution in [2.45, 2.75) is 17.7 Å². The first-order chi connectivity index (χ1) is 15.5. The molecule has 0 aliphatic carbocycles. The molecule has 0 saturated carbocycles. The largest absolute Gasteiger partial charge is 0.471 e. The van der Waals surface area contributed by atoms with E-state index in [4.69, 9.17) is 14.4 Å². The molecule has 0 fully saturated rings. The Morgan fingerprint density at radius 3 is 2.45 bits per heavy atom. The molecule has 2 N–H and O–H groups in total. The summed E-state index contributed by atoms with van der Waals surface area (Å²) < 4.78 is 73.1. The van der Waals surface area contributed by atoms with Crippen LogP contribution < -0.4 is 9.88 Å². The molecule has 0 spiro atoms. The molecule has 33 heavy (non-hydrogen) atoms. The van der Waals surface area contributed by atoms with Gasteiger partial charge in [0.05, 0.1) is 27.9 Å². The van der Waals surface area contributed by atoms with Crippen molar-refractivity contribution in [3.8, 4) is 28.7 Å². The van der Waals surface area contributed by atoms with Crippen LogP contribution in [0.5, 0.6) is 5.88 Å². The number of nitrogens with two attached hydrogens (primary N) is 1. The number of aromatic nitrogens is 5. The van der Waals surface area contributed by atoms with Crippen LogP contribution in [0.1, 0.15) is 11.3 Å². The maximum atomic E-state index is 12.7. The van der Waals surface area contributed by atoms with Gasteiger partial charge in [-0.15, -0.1) is 0 Å². The maximum absolute atomic E-state index is 12.7. The molecule has 172 valence electrons. The van der Waals surface area contributed by atoms with E-state index < -0.39 is 21.8 Å². The molecule has 0 atom stereocenters. The Hall–Kier alpha value is -3.78. The van der Waals surface area contributed by atoms with Crippen LogP contribution in [0.3, 0.4) is 0 Å². The summed E-state index contributed by atoms with van der Waals surface area (Å²) in [5.74, 6) is 0.315. The normalized spacial score (nSPS) is 12.2. The molecule has 0 aliphatic heterocycles. The third kappa shape index (κ3) is 4.85. The first kappa shape index (κ1) is 22.4. The van der Waals surface area contributed by atoms with Crippen molar-refractivity contribution in [2.24, 2.45) is 12.2 Å². The molecule has 3 heterocycles. The zero-order chi connectivity index (χ0) is 23.8. The zero-order valence-electron chi connectivity index (χ0n) is 16.8. The summed E-state index contributed by atoms with van der Waals surface area (Å²) in [5, 5.41) is 13.1. The van der Waals surface area contributed by atoms with Crippen LogP contribution in [0, 0.1) is 0 Å². The molecule has 14 heteroatoms. The molecular weight excluding hydrogens is 465 g/mol. The van der Waals surface area contributed by atoms with Crippen molar-refractivity contribution < 1.29 is 30.8 Å². The Morgan fingerprint density at radius 2 is 1.85 bits per heavy atom. The van der Waals surface area contributed by atoms with Crippen molar-refractivity contribution in [1.29, 1.82) is 0 Å². The molecular formula is C19H15F3N6O4S. The summed E-state index contributed by atoms with van der Waals surface area (Å²) in [5.41, 5.74) is 0.570. The Kier molecular flexibility index (Phi) is 5.63. The van der Waals surface area contributed by atoms with E-state index in [1.807, 2.05) is 0 Å². The zero-order valence-corrected chi connectivity index (χ0v) is 17.6. The van der Waals surface area contributed by atoms with E-state index in [1.165, 1.54) is 35.1 Å². The van der Waals surface area contributed by atoms with Crippen LogP contribution in [0.4, 0.5) is 13.2 Å². The number of benzene rings is 1. The van der Waals surface area contributed by atoms with E-state index in [2.05, 4.69) is 20.2 Å². The predicted molar refractivity (Wildman–Crippen MR) is 107 cm³/mol. The number of aryl methyl sites for hydroxylation is 1. The lowest BCUT2D eigenvalue weighted by Gasteiger charge is -2.09. The fraction of sp³-hybridized carbons (Fsp3) is 0.158. The third-order valence-electron chi connectivity index (χ3n) is 4.58. The fourth-order valence-corrected chi connectivity index (χ4v) is 3.35. The second kappa shape index (κ2) is 8.29. The molecule has 0 saturated heterocycles. The number of hydrogen-bond donors (Lipinski definition) is 1. The van der Waals surface area contributed by atoms with Gasteiger partial charge in [-0.1, -0.05) is 5.16 Å². The van der Waals surface area contributed by atoms with Crippen LogP contribution in [-0.4, -0.2) is 33.3 Å². The van der Waals surface area contributed by atoms with Gasteiger partial charge in [-0.3, -0.25) is 4.68 Å². The van der Waals surface area contributed by atoms with Crippen molar-refractivity contribution >= 4 is 10.0 Å². The number of halogens is 3. The van der Waals surface area contributed by atoms with Gasteiger partial charge in [0, 0.05) is 24.9 Å². The highest BCUT2D eigenvalue weighted by molar-refractivity contribution is 7.89. The predicted octanol–water partition coefficient (Wildman–Crippen LogP) is 2.78. The number of alkyl halides is 3. The highest BCUT2D eigenvalue weighted by Crippen LogP contribution is 2.30. The Morgan fingerprint density at radius 1 is 1.12 bits per heavy atom. The number of pyridine rings is 1. The lowest BCUT2D eigenvalue weighted by molar-refractivity contribution is -0.137. The molecule has 0 unspecified atom stereocenters. The van der Waals surface area contributed by atoms with E-state index in [1.54, 1.807) is 7.05 Å². The van der Waals surface area contributed by atoms with Crippen LogP contribution in [0.25, 0.3) is 22.8 Å². The molecule has 1 aromatic carbocycles. The first-order valence-electron chi connectivity index (χ1n) is 9.16. The number of ether oxygens (including phenoxy) is 1. The molecule has 3 aromatic heterocycles. The van der Waals surface area contributed by atoms with Gasteiger partial charge in [0.1, 0.15) is 6.61 Å². The van der Waals surface area contributed by atoms with Gasteiger partial charge < -0.3 is 9.26 Å². The number of hydrogen-bond acceptors (Lipinski definition) is 8. The molecule has 0 amide bonds. The van der Waals surface area contributed by atoms with Gasteiger partial charge in [0.2, 0.25) is 21.7 Å². The molecule has 0 radical (unpaired) electrons. The maximum Gasteiger partial charge on any atom is 0.417 e. The minimum Gasteiger partial charge on any atom is -0.471 e. The second-order valence-electron chi connectivity index (χ2n) is 6.79. The van der Waals surface area contributed by atoms with Crippen LogP contribution in [0.2, 0.25) is 0 Å². The average molecular weight is 480 g/mol. The molecule has 4 rings (SSSR count). The van der Waals surface area contributed by atoms with Gasteiger partial charge in [0.25, 0.3) is 5.89 Å². The summed E-state index contributed by atoms with van der Waals surface area (Å²) in [4.78, 5) is 7.92. The SMILES string of the molecule is Cn1ncc(-c2nc(-c3ccc(S(N)(=O)=O)cc3)no2)c1COc1ccc(C(F)(F)F)cn1. The summed E-state index contributed by atoms with van der Waals surface area (Å²) >= 11 is 0. The minimum atomic E-state index is -4.49. The number of sulfonamides is 1. The van der Waals surface area contributed by atoms with Gasteiger partial charge in [-0.05, 0) is 30.3 Å². The van der Waals surface area contributed by atoms with Crippen molar-refractivity contribution in [2.75, 3.05) is 0 Å². The van der Waals surface area contributed by atoms with E-state index in [0.29, 0.717) is 23.0 Å². The smallest absolute Gasteiger partial charge is 0.417 e. The summed E-state index contributed by atoms with van der Waals surface area (Å²) in [6.07, 6.45) is -2.33. The number of nitrogens with zero attached hydrogens (tertiary/aromatic N) is 5. The monoisotopic (exact) mass is 480 g/mol. The number of rotatable bonds is 6.